The molecule has 1 atom stereocenters. The summed E-state index contributed by atoms with van der Waals surface area (Å²) in [7, 11) is 0. The van der Waals surface area contributed by atoms with Crippen LogP contribution in [0.15, 0.2) is 12.4 Å². The predicted molar refractivity (Wildman–Crippen MR) is 76.7 cm³/mol. The van der Waals surface area contributed by atoms with E-state index in [9.17, 15) is 0 Å². The van der Waals surface area contributed by atoms with Crippen molar-refractivity contribution in [1.82, 2.24) is 15.3 Å². The highest BCUT2D eigenvalue weighted by Gasteiger charge is 2.21. The number of aromatic nitrogens is 2. The smallest absolute Gasteiger partial charge is 0.234 e. The van der Waals surface area contributed by atoms with Crippen LogP contribution in [0.3, 0.4) is 0 Å². The molecule has 2 heterocycles. The summed E-state index contributed by atoms with van der Waals surface area (Å²) in [6.45, 7) is 9.04. The van der Waals surface area contributed by atoms with Crippen molar-refractivity contribution in [3.05, 3.63) is 12.4 Å². The van der Waals surface area contributed by atoms with Crippen molar-refractivity contribution in [2.45, 2.75) is 45.7 Å². The quantitative estimate of drug-likeness (QED) is 0.849. The van der Waals surface area contributed by atoms with E-state index in [1.54, 1.807) is 6.20 Å². The van der Waals surface area contributed by atoms with E-state index in [0.29, 0.717) is 24.6 Å². The van der Waals surface area contributed by atoms with Crippen LogP contribution >= 0.6 is 0 Å². The molecule has 1 aliphatic rings. The van der Waals surface area contributed by atoms with Crippen molar-refractivity contribution < 1.29 is 4.74 Å². The summed E-state index contributed by atoms with van der Waals surface area (Å²) in [4.78, 5) is 11.1. The van der Waals surface area contributed by atoms with Gasteiger partial charge in [-0.2, -0.15) is 4.98 Å². The molecule has 0 aromatic carbocycles. The normalized spacial score (nSPS) is 18.8. The molecule has 0 radical (unpaired) electrons. The molecule has 0 bridgehead atoms. The summed E-state index contributed by atoms with van der Waals surface area (Å²) in [6, 6.07) is 0.952. The van der Waals surface area contributed by atoms with E-state index in [2.05, 4.69) is 34.0 Å². The molecule has 1 fully saturated rings. The fourth-order valence-corrected chi connectivity index (χ4v) is 2.41. The van der Waals surface area contributed by atoms with Crippen LogP contribution in [0.2, 0.25) is 0 Å². The second kappa shape index (κ2) is 6.70. The number of anilines is 1. The van der Waals surface area contributed by atoms with Gasteiger partial charge in [-0.1, -0.05) is 0 Å². The van der Waals surface area contributed by atoms with Crippen molar-refractivity contribution in [3.8, 4) is 5.88 Å². The van der Waals surface area contributed by atoms with Crippen LogP contribution in [0.1, 0.15) is 33.6 Å². The summed E-state index contributed by atoms with van der Waals surface area (Å²) in [5, 5.41) is 3.53. The summed E-state index contributed by atoms with van der Waals surface area (Å²) in [6.07, 6.45) is 5.99. The molecule has 1 unspecified atom stereocenters. The van der Waals surface area contributed by atoms with Gasteiger partial charge in [-0.05, 0) is 40.2 Å². The van der Waals surface area contributed by atoms with Gasteiger partial charge in [0.05, 0.1) is 19.0 Å². The Labute approximate surface area is 115 Å². The Hall–Kier alpha value is -1.36. The molecule has 0 aliphatic carbocycles. The minimum absolute atomic E-state index is 0.397. The first-order valence-electron chi connectivity index (χ1n) is 7.15. The summed E-state index contributed by atoms with van der Waals surface area (Å²) in [5.74, 6) is 1.50. The van der Waals surface area contributed by atoms with Crippen molar-refractivity contribution in [1.29, 1.82) is 0 Å². The summed E-state index contributed by atoms with van der Waals surface area (Å²) in [5.41, 5.74) is 0. The van der Waals surface area contributed by atoms with E-state index in [4.69, 9.17) is 4.74 Å². The van der Waals surface area contributed by atoms with Gasteiger partial charge in [-0.15, -0.1) is 0 Å². The largest absolute Gasteiger partial charge is 0.477 e. The molecule has 1 saturated heterocycles. The van der Waals surface area contributed by atoms with E-state index in [1.807, 2.05) is 13.1 Å². The maximum absolute atomic E-state index is 5.43. The number of ether oxygens (including phenoxy) is 1. The maximum atomic E-state index is 5.43. The molecule has 19 heavy (non-hydrogen) atoms. The minimum atomic E-state index is 0.397. The maximum Gasteiger partial charge on any atom is 0.234 e. The average molecular weight is 264 g/mol. The van der Waals surface area contributed by atoms with E-state index in [0.717, 1.165) is 18.9 Å². The molecule has 0 amide bonds. The third-order valence-corrected chi connectivity index (χ3v) is 3.39. The van der Waals surface area contributed by atoms with E-state index in [1.165, 1.54) is 12.8 Å². The van der Waals surface area contributed by atoms with Gasteiger partial charge in [-0.3, -0.25) is 4.98 Å². The lowest BCUT2D eigenvalue weighted by atomic mass is 10.2. The zero-order valence-electron chi connectivity index (χ0n) is 12.1. The van der Waals surface area contributed by atoms with Gasteiger partial charge in [0, 0.05) is 18.6 Å². The Morgan fingerprint density at radius 1 is 1.47 bits per heavy atom. The first-order valence-corrected chi connectivity index (χ1v) is 7.15. The Bertz CT molecular complexity index is 391. The molecule has 5 heteroatoms. The van der Waals surface area contributed by atoms with Gasteiger partial charge < -0.3 is 15.0 Å². The lowest BCUT2D eigenvalue weighted by Gasteiger charge is -2.30. The average Bonchev–Trinajstić information content (AvgIpc) is 2.89. The molecule has 106 valence electrons. The Kier molecular flexibility index (Phi) is 4.96. The monoisotopic (exact) mass is 264 g/mol. The lowest BCUT2D eigenvalue weighted by molar-refractivity contribution is 0.325. The second-order valence-electron chi connectivity index (χ2n) is 5.19. The van der Waals surface area contributed by atoms with Crippen molar-refractivity contribution in [3.63, 3.8) is 0 Å². The third kappa shape index (κ3) is 3.80. The van der Waals surface area contributed by atoms with Gasteiger partial charge in [0.25, 0.3) is 0 Å². The van der Waals surface area contributed by atoms with E-state index < -0.39 is 0 Å². The van der Waals surface area contributed by atoms with Crippen LogP contribution in [-0.4, -0.2) is 41.7 Å². The fraction of sp³-hybridized carbons (Fsp3) is 0.714. The van der Waals surface area contributed by atoms with Crippen molar-refractivity contribution in [2.75, 3.05) is 24.6 Å². The van der Waals surface area contributed by atoms with Gasteiger partial charge >= 0.3 is 0 Å². The number of hydrogen-bond donors (Lipinski definition) is 1. The van der Waals surface area contributed by atoms with Gasteiger partial charge in [0.1, 0.15) is 0 Å². The molecule has 0 spiro atoms. The Balaban J connectivity index is 2.10. The van der Waals surface area contributed by atoms with Crippen LogP contribution < -0.4 is 15.0 Å². The standard InChI is InChI=1S/C14H24N4O/c1-4-19-14-9-15-8-13(17-14)18(11(2)3)10-12-6-5-7-16-12/h8-9,11-12,16H,4-7,10H2,1-3H3. The zero-order valence-corrected chi connectivity index (χ0v) is 12.1. The molecule has 1 aliphatic heterocycles. The van der Waals surface area contributed by atoms with E-state index in [-0.39, 0.29) is 0 Å². The lowest BCUT2D eigenvalue weighted by Crippen LogP contribution is -2.41. The Morgan fingerprint density at radius 2 is 2.32 bits per heavy atom. The van der Waals surface area contributed by atoms with Gasteiger partial charge in [0.15, 0.2) is 5.82 Å². The van der Waals surface area contributed by atoms with Crippen LogP contribution in [0.5, 0.6) is 5.88 Å². The zero-order chi connectivity index (χ0) is 13.7. The highest BCUT2D eigenvalue weighted by atomic mass is 16.5. The number of nitrogens with one attached hydrogen (secondary N) is 1. The van der Waals surface area contributed by atoms with Crippen molar-refractivity contribution >= 4 is 5.82 Å². The van der Waals surface area contributed by atoms with E-state index >= 15 is 0 Å². The summed E-state index contributed by atoms with van der Waals surface area (Å²) >= 11 is 0. The SMILES string of the molecule is CCOc1cncc(N(CC2CCCN2)C(C)C)n1. The van der Waals surface area contributed by atoms with Crippen LogP contribution in [0.25, 0.3) is 0 Å². The second-order valence-corrected chi connectivity index (χ2v) is 5.19. The molecule has 1 aromatic heterocycles. The topological polar surface area (TPSA) is 50.3 Å². The first kappa shape index (κ1) is 14.1. The van der Waals surface area contributed by atoms with Gasteiger partial charge in [-0.25, -0.2) is 0 Å². The minimum Gasteiger partial charge on any atom is -0.477 e. The van der Waals surface area contributed by atoms with Crippen LogP contribution in [-0.2, 0) is 0 Å². The molecule has 5 nitrogen and oxygen atoms in total. The summed E-state index contributed by atoms with van der Waals surface area (Å²) < 4.78 is 5.43. The molecular weight excluding hydrogens is 240 g/mol. The highest BCUT2D eigenvalue weighted by molar-refractivity contribution is 5.39. The number of rotatable bonds is 6. The first-order chi connectivity index (χ1) is 9.20. The molecular formula is C14H24N4O. The van der Waals surface area contributed by atoms with Crippen LogP contribution in [0.4, 0.5) is 5.82 Å². The predicted octanol–water partition coefficient (Wildman–Crippen LogP) is 1.84. The number of nitrogens with zero attached hydrogens (tertiary/aromatic N) is 3. The molecule has 0 saturated carbocycles. The number of hydrogen-bond acceptors (Lipinski definition) is 5. The van der Waals surface area contributed by atoms with Crippen LogP contribution in [0, 0.1) is 0 Å². The van der Waals surface area contributed by atoms with Crippen molar-refractivity contribution in [2.24, 2.45) is 0 Å². The molecule has 1 aromatic rings. The van der Waals surface area contributed by atoms with Gasteiger partial charge in [0.2, 0.25) is 5.88 Å². The Morgan fingerprint density at radius 3 is 2.95 bits per heavy atom. The fourth-order valence-electron chi connectivity index (χ4n) is 2.41. The molecule has 2 rings (SSSR count). The third-order valence-electron chi connectivity index (χ3n) is 3.39. The highest BCUT2D eigenvalue weighted by Crippen LogP contribution is 2.18. The molecule has 1 N–H and O–H groups in total.